The summed E-state index contributed by atoms with van der Waals surface area (Å²) in [7, 11) is 3.16. The second-order valence-corrected chi connectivity index (χ2v) is 6.38. The maximum Gasteiger partial charge on any atom is 0.310 e. The minimum absolute atomic E-state index is 0. The molecule has 1 aliphatic carbocycles. The van der Waals surface area contributed by atoms with Gasteiger partial charge in [-0.2, -0.15) is 0 Å². The van der Waals surface area contributed by atoms with Crippen molar-refractivity contribution in [3.63, 3.8) is 0 Å². The molecule has 0 radical (unpaired) electrons. The molecule has 0 amide bonds. The van der Waals surface area contributed by atoms with Gasteiger partial charge in [-0.25, -0.2) is 0 Å². The Morgan fingerprint density at radius 3 is 2.50 bits per heavy atom. The second-order valence-electron chi connectivity index (χ2n) is 6.38. The van der Waals surface area contributed by atoms with Crippen molar-refractivity contribution in [1.82, 2.24) is 10.6 Å². The molecule has 24 heavy (non-hydrogen) atoms. The molecular weight excluding hydrogens is 421 g/mol. The van der Waals surface area contributed by atoms with Gasteiger partial charge in [0.25, 0.3) is 0 Å². The molecule has 2 N–H and O–H groups in total. The molecule has 0 aromatic carbocycles. The third-order valence-electron chi connectivity index (χ3n) is 4.68. The monoisotopic (exact) mass is 455 g/mol. The normalized spacial score (nSPS) is 17.8. The quantitative estimate of drug-likeness (QED) is 0.184. The first-order valence-electron chi connectivity index (χ1n) is 8.67. The summed E-state index contributed by atoms with van der Waals surface area (Å²) >= 11 is 0. The Bertz CT molecular complexity index is 385. The lowest BCUT2D eigenvalue weighted by molar-refractivity contribution is -0.144. The van der Waals surface area contributed by atoms with Crippen LogP contribution in [0, 0.1) is 11.3 Å². The number of ether oxygens (including phenoxy) is 2. The van der Waals surface area contributed by atoms with Crippen LogP contribution in [0.25, 0.3) is 0 Å². The lowest BCUT2D eigenvalue weighted by Gasteiger charge is -2.30. The van der Waals surface area contributed by atoms with Crippen molar-refractivity contribution in [3.05, 3.63) is 0 Å². The summed E-state index contributed by atoms with van der Waals surface area (Å²) in [6.45, 7) is 6.88. The van der Waals surface area contributed by atoms with E-state index in [-0.39, 0.29) is 35.9 Å². The first-order chi connectivity index (χ1) is 11.1. The Labute approximate surface area is 163 Å². The van der Waals surface area contributed by atoms with E-state index >= 15 is 0 Å². The van der Waals surface area contributed by atoms with Gasteiger partial charge in [0.1, 0.15) is 0 Å². The molecule has 1 rings (SSSR count). The largest absolute Gasteiger partial charge is 0.469 e. The number of rotatable bonds is 9. The molecule has 0 heterocycles. The minimum atomic E-state index is -0.211. The zero-order chi connectivity index (χ0) is 17.1. The highest BCUT2D eigenvalue weighted by Crippen LogP contribution is 2.40. The van der Waals surface area contributed by atoms with Gasteiger partial charge in [0, 0.05) is 33.4 Å². The van der Waals surface area contributed by atoms with E-state index in [1.807, 2.05) is 13.8 Å². The SMILES string of the molecule is CCOCCC1(CNC(=NC)NCC(C)C(=O)OC)CCCC1.I. The predicted octanol–water partition coefficient (Wildman–Crippen LogP) is 2.57. The van der Waals surface area contributed by atoms with Crippen LogP contribution in [0.5, 0.6) is 0 Å². The highest BCUT2D eigenvalue weighted by molar-refractivity contribution is 14.0. The second kappa shape index (κ2) is 12.7. The van der Waals surface area contributed by atoms with Crippen molar-refractivity contribution in [2.24, 2.45) is 16.3 Å². The molecule has 0 aromatic rings. The fraction of sp³-hybridized carbons (Fsp3) is 0.882. The fourth-order valence-corrected chi connectivity index (χ4v) is 3.10. The van der Waals surface area contributed by atoms with Crippen LogP contribution in [0.2, 0.25) is 0 Å². The average molecular weight is 455 g/mol. The summed E-state index contributed by atoms with van der Waals surface area (Å²) in [5.41, 5.74) is 0.306. The molecule has 1 saturated carbocycles. The van der Waals surface area contributed by atoms with Crippen LogP contribution in [0.1, 0.15) is 46.0 Å². The Morgan fingerprint density at radius 2 is 1.96 bits per heavy atom. The van der Waals surface area contributed by atoms with E-state index in [9.17, 15) is 4.79 Å². The molecule has 0 spiro atoms. The van der Waals surface area contributed by atoms with E-state index in [0.717, 1.165) is 32.1 Å². The molecule has 1 fully saturated rings. The number of carbonyl (C=O) groups excluding carboxylic acids is 1. The van der Waals surface area contributed by atoms with E-state index < -0.39 is 0 Å². The smallest absolute Gasteiger partial charge is 0.310 e. The van der Waals surface area contributed by atoms with Crippen molar-refractivity contribution < 1.29 is 14.3 Å². The molecule has 1 unspecified atom stereocenters. The van der Waals surface area contributed by atoms with Gasteiger partial charge >= 0.3 is 5.97 Å². The maximum absolute atomic E-state index is 11.4. The first-order valence-corrected chi connectivity index (χ1v) is 8.67. The van der Waals surface area contributed by atoms with E-state index in [2.05, 4.69) is 15.6 Å². The van der Waals surface area contributed by atoms with Gasteiger partial charge in [0.15, 0.2) is 5.96 Å². The van der Waals surface area contributed by atoms with Crippen molar-refractivity contribution in [2.75, 3.05) is 40.5 Å². The summed E-state index contributed by atoms with van der Waals surface area (Å²) < 4.78 is 10.3. The van der Waals surface area contributed by atoms with Gasteiger partial charge < -0.3 is 20.1 Å². The number of hydrogen-bond donors (Lipinski definition) is 2. The van der Waals surface area contributed by atoms with Gasteiger partial charge in [-0.3, -0.25) is 9.79 Å². The number of guanidine groups is 1. The Hall–Kier alpha value is -0.570. The van der Waals surface area contributed by atoms with Gasteiger partial charge in [-0.15, -0.1) is 24.0 Å². The minimum Gasteiger partial charge on any atom is -0.469 e. The molecule has 1 atom stereocenters. The summed E-state index contributed by atoms with van der Waals surface area (Å²) in [6, 6.07) is 0. The van der Waals surface area contributed by atoms with Gasteiger partial charge in [-0.05, 0) is 31.6 Å². The van der Waals surface area contributed by atoms with Crippen LogP contribution in [0.3, 0.4) is 0 Å². The number of methoxy groups -OCH3 is 1. The van der Waals surface area contributed by atoms with Gasteiger partial charge in [0.05, 0.1) is 13.0 Å². The van der Waals surface area contributed by atoms with Crippen molar-refractivity contribution in [1.29, 1.82) is 0 Å². The van der Waals surface area contributed by atoms with Gasteiger partial charge in [-0.1, -0.05) is 19.8 Å². The lowest BCUT2D eigenvalue weighted by atomic mass is 9.83. The van der Waals surface area contributed by atoms with Crippen LogP contribution >= 0.6 is 24.0 Å². The number of aliphatic imine (C=N–C) groups is 1. The van der Waals surface area contributed by atoms with Crippen molar-refractivity contribution in [3.8, 4) is 0 Å². The predicted molar refractivity (Wildman–Crippen MR) is 108 cm³/mol. The van der Waals surface area contributed by atoms with E-state index in [4.69, 9.17) is 9.47 Å². The summed E-state index contributed by atoms with van der Waals surface area (Å²) in [5.74, 6) is 0.331. The molecule has 0 aliphatic heterocycles. The standard InChI is InChI=1S/C17H33N3O3.HI/c1-5-23-11-10-17(8-6-7-9-17)13-20-16(18-3)19-12-14(2)15(21)22-4;/h14H,5-13H2,1-4H3,(H2,18,19,20);1H. The van der Waals surface area contributed by atoms with Crippen LogP contribution in [-0.4, -0.2) is 52.4 Å². The highest BCUT2D eigenvalue weighted by atomic mass is 127. The molecule has 6 nitrogen and oxygen atoms in total. The number of carbonyl (C=O) groups is 1. The molecule has 0 bridgehead atoms. The summed E-state index contributed by atoms with van der Waals surface area (Å²) in [4.78, 5) is 15.7. The molecule has 0 aromatic heterocycles. The van der Waals surface area contributed by atoms with Crippen LogP contribution in [0.4, 0.5) is 0 Å². The average Bonchev–Trinajstić information content (AvgIpc) is 3.03. The Balaban J connectivity index is 0.00000529. The van der Waals surface area contributed by atoms with Crippen LogP contribution < -0.4 is 10.6 Å². The topological polar surface area (TPSA) is 72.0 Å². The van der Waals surface area contributed by atoms with E-state index in [0.29, 0.717) is 12.0 Å². The van der Waals surface area contributed by atoms with E-state index in [1.54, 1.807) is 7.05 Å². The molecule has 0 saturated heterocycles. The number of halogens is 1. The highest BCUT2D eigenvalue weighted by Gasteiger charge is 2.33. The van der Waals surface area contributed by atoms with Crippen molar-refractivity contribution >= 4 is 35.9 Å². The fourth-order valence-electron chi connectivity index (χ4n) is 3.10. The summed E-state index contributed by atoms with van der Waals surface area (Å²) in [6.07, 6.45) is 6.15. The van der Waals surface area contributed by atoms with E-state index in [1.165, 1.54) is 32.8 Å². The maximum atomic E-state index is 11.4. The van der Waals surface area contributed by atoms with Crippen LogP contribution in [0.15, 0.2) is 4.99 Å². The number of nitrogens with zero attached hydrogens (tertiary/aromatic N) is 1. The lowest BCUT2D eigenvalue weighted by Crippen LogP contribution is -2.45. The number of esters is 1. The first kappa shape index (κ1) is 23.4. The Morgan fingerprint density at radius 1 is 1.29 bits per heavy atom. The zero-order valence-electron chi connectivity index (χ0n) is 15.5. The summed E-state index contributed by atoms with van der Waals surface area (Å²) in [5, 5.41) is 6.62. The zero-order valence-corrected chi connectivity index (χ0v) is 17.9. The van der Waals surface area contributed by atoms with Gasteiger partial charge in [0.2, 0.25) is 0 Å². The third kappa shape index (κ3) is 8.00. The Kier molecular flexibility index (Phi) is 12.4. The molecule has 1 aliphatic rings. The van der Waals surface area contributed by atoms with Crippen molar-refractivity contribution in [2.45, 2.75) is 46.0 Å². The number of hydrogen-bond acceptors (Lipinski definition) is 4. The third-order valence-corrected chi connectivity index (χ3v) is 4.68. The molecule has 142 valence electrons. The number of nitrogens with one attached hydrogen (secondary N) is 2. The molecule has 7 heteroatoms. The molecular formula is C17H34IN3O3. The van der Waals surface area contributed by atoms with Crippen LogP contribution in [-0.2, 0) is 14.3 Å².